The molecule has 2 rings (SSSR count). The summed E-state index contributed by atoms with van der Waals surface area (Å²) >= 11 is 0. The minimum atomic E-state index is -0.0183. The van der Waals surface area contributed by atoms with Crippen molar-refractivity contribution in [1.29, 1.82) is 0 Å². The molecule has 0 aromatic heterocycles. The quantitative estimate of drug-likeness (QED) is 0.578. The molecular formula is C18H22N2O3. The number of nitrogens with two attached hydrogens (primary N) is 1. The van der Waals surface area contributed by atoms with Crippen molar-refractivity contribution in [2.24, 2.45) is 0 Å². The molecular weight excluding hydrogens is 292 g/mol. The third-order valence-corrected chi connectivity index (χ3v) is 3.31. The summed E-state index contributed by atoms with van der Waals surface area (Å²) in [6, 6.07) is 15.0. The van der Waals surface area contributed by atoms with Crippen LogP contribution < -0.4 is 15.8 Å². The average Bonchev–Trinajstić information content (AvgIpc) is 2.56. The molecule has 0 fully saturated rings. The Balaban J connectivity index is 1.76. The molecule has 0 atom stereocenters. The van der Waals surface area contributed by atoms with Gasteiger partial charge in [-0.15, -0.1) is 0 Å². The number of rotatable bonds is 8. The molecule has 23 heavy (non-hydrogen) atoms. The van der Waals surface area contributed by atoms with E-state index in [1.54, 1.807) is 19.2 Å². The lowest BCUT2D eigenvalue weighted by molar-refractivity contribution is -0.120. The second-order valence-electron chi connectivity index (χ2n) is 5.18. The van der Waals surface area contributed by atoms with Crippen LogP contribution in [0.25, 0.3) is 0 Å². The highest BCUT2D eigenvalue weighted by molar-refractivity contribution is 5.78. The molecule has 2 aromatic carbocycles. The standard InChI is InChI=1S/C18H22N2O3/c1-22-10-11-23-17-8-4-15(5-9-17)13-20-18(21)12-14-2-6-16(19)7-3-14/h2-9H,10-13,19H2,1H3,(H,20,21). The van der Waals surface area contributed by atoms with E-state index in [1.807, 2.05) is 36.4 Å². The summed E-state index contributed by atoms with van der Waals surface area (Å²) in [6.07, 6.45) is 0.346. The monoisotopic (exact) mass is 314 g/mol. The number of carbonyl (C=O) groups is 1. The molecule has 0 radical (unpaired) electrons. The van der Waals surface area contributed by atoms with Crippen molar-refractivity contribution in [3.8, 4) is 5.75 Å². The first-order valence-electron chi connectivity index (χ1n) is 7.49. The van der Waals surface area contributed by atoms with Gasteiger partial charge < -0.3 is 20.5 Å². The zero-order valence-electron chi connectivity index (χ0n) is 13.2. The van der Waals surface area contributed by atoms with Crippen molar-refractivity contribution in [3.05, 3.63) is 59.7 Å². The Morgan fingerprint density at radius 3 is 2.30 bits per heavy atom. The summed E-state index contributed by atoms with van der Waals surface area (Å²) in [5, 5.41) is 2.90. The largest absolute Gasteiger partial charge is 0.491 e. The summed E-state index contributed by atoms with van der Waals surface area (Å²) < 4.78 is 10.4. The first kappa shape index (κ1) is 16.8. The van der Waals surface area contributed by atoms with Gasteiger partial charge in [-0.1, -0.05) is 24.3 Å². The van der Waals surface area contributed by atoms with E-state index in [2.05, 4.69) is 5.32 Å². The molecule has 0 aliphatic carbocycles. The second kappa shape index (κ2) is 8.80. The number of amides is 1. The van der Waals surface area contributed by atoms with E-state index in [1.165, 1.54) is 0 Å². The number of benzene rings is 2. The van der Waals surface area contributed by atoms with E-state index in [0.717, 1.165) is 16.9 Å². The van der Waals surface area contributed by atoms with Crippen LogP contribution in [0.2, 0.25) is 0 Å². The van der Waals surface area contributed by atoms with Crippen molar-refractivity contribution >= 4 is 11.6 Å². The summed E-state index contributed by atoms with van der Waals surface area (Å²) in [7, 11) is 1.64. The van der Waals surface area contributed by atoms with E-state index in [0.29, 0.717) is 31.9 Å². The Labute approximate surface area is 136 Å². The summed E-state index contributed by atoms with van der Waals surface area (Å²) in [6.45, 7) is 1.57. The number of hydrogen-bond acceptors (Lipinski definition) is 4. The predicted octanol–water partition coefficient (Wildman–Crippen LogP) is 2.15. The summed E-state index contributed by atoms with van der Waals surface area (Å²) in [5.41, 5.74) is 8.29. The van der Waals surface area contributed by atoms with Crippen LogP contribution in [0.3, 0.4) is 0 Å². The Hall–Kier alpha value is -2.53. The van der Waals surface area contributed by atoms with Gasteiger partial charge in [0.1, 0.15) is 12.4 Å². The minimum absolute atomic E-state index is 0.0183. The van der Waals surface area contributed by atoms with E-state index in [9.17, 15) is 4.79 Å². The van der Waals surface area contributed by atoms with E-state index in [-0.39, 0.29) is 5.91 Å². The van der Waals surface area contributed by atoms with Crippen molar-refractivity contribution in [3.63, 3.8) is 0 Å². The van der Waals surface area contributed by atoms with Crippen LogP contribution in [0.15, 0.2) is 48.5 Å². The number of nitrogens with one attached hydrogen (secondary N) is 1. The highest BCUT2D eigenvalue weighted by atomic mass is 16.5. The number of nitrogen functional groups attached to an aromatic ring is 1. The zero-order chi connectivity index (χ0) is 16.5. The lowest BCUT2D eigenvalue weighted by Crippen LogP contribution is -2.24. The highest BCUT2D eigenvalue weighted by Crippen LogP contribution is 2.12. The normalized spacial score (nSPS) is 10.3. The van der Waals surface area contributed by atoms with Crippen LogP contribution in [0.4, 0.5) is 5.69 Å². The fourth-order valence-corrected chi connectivity index (χ4v) is 2.03. The Bertz CT molecular complexity index is 609. The molecule has 0 heterocycles. The van der Waals surface area contributed by atoms with Crippen LogP contribution in [-0.4, -0.2) is 26.2 Å². The fraction of sp³-hybridized carbons (Fsp3) is 0.278. The Kier molecular flexibility index (Phi) is 6.44. The van der Waals surface area contributed by atoms with Crippen molar-refractivity contribution in [2.45, 2.75) is 13.0 Å². The highest BCUT2D eigenvalue weighted by Gasteiger charge is 2.03. The first-order valence-corrected chi connectivity index (χ1v) is 7.49. The van der Waals surface area contributed by atoms with Crippen molar-refractivity contribution in [1.82, 2.24) is 5.32 Å². The van der Waals surface area contributed by atoms with Gasteiger partial charge in [0, 0.05) is 19.3 Å². The molecule has 0 bridgehead atoms. The van der Waals surface area contributed by atoms with E-state index < -0.39 is 0 Å². The third kappa shape index (κ3) is 6.00. The Morgan fingerprint density at radius 2 is 1.65 bits per heavy atom. The summed E-state index contributed by atoms with van der Waals surface area (Å²) in [5.74, 6) is 0.772. The third-order valence-electron chi connectivity index (χ3n) is 3.31. The number of hydrogen-bond donors (Lipinski definition) is 2. The molecule has 2 aromatic rings. The number of ether oxygens (including phenoxy) is 2. The van der Waals surface area contributed by atoms with Crippen molar-refractivity contribution < 1.29 is 14.3 Å². The second-order valence-corrected chi connectivity index (χ2v) is 5.18. The number of methoxy groups -OCH3 is 1. The maximum Gasteiger partial charge on any atom is 0.224 e. The van der Waals surface area contributed by atoms with Crippen molar-refractivity contribution in [2.75, 3.05) is 26.1 Å². The molecule has 0 unspecified atom stereocenters. The molecule has 0 aliphatic heterocycles. The van der Waals surface area contributed by atoms with Gasteiger partial charge in [0.15, 0.2) is 0 Å². The fourth-order valence-electron chi connectivity index (χ4n) is 2.03. The maximum atomic E-state index is 11.9. The van der Waals surface area contributed by atoms with Gasteiger partial charge in [-0.05, 0) is 35.4 Å². The topological polar surface area (TPSA) is 73.6 Å². The minimum Gasteiger partial charge on any atom is -0.491 e. The lowest BCUT2D eigenvalue weighted by Gasteiger charge is -2.08. The molecule has 0 saturated heterocycles. The van der Waals surface area contributed by atoms with Crippen LogP contribution in [0, 0.1) is 0 Å². The van der Waals surface area contributed by atoms with Crippen LogP contribution in [0.5, 0.6) is 5.75 Å². The van der Waals surface area contributed by atoms with E-state index in [4.69, 9.17) is 15.2 Å². The van der Waals surface area contributed by atoms with Crippen LogP contribution >= 0.6 is 0 Å². The SMILES string of the molecule is COCCOc1ccc(CNC(=O)Cc2ccc(N)cc2)cc1. The molecule has 1 amide bonds. The van der Waals surface area contributed by atoms with Gasteiger partial charge in [-0.25, -0.2) is 0 Å². The molecule has 5 nitrogen and oxygen atoms in total. The molecule has 0 saturated carbocycles. The van der Waals surface area contributed by atoms with Gasteiger partial charge >= 0.3 is 0 Å². The van der Waals surface area contributed by atoms with Gasteiger partial charge in [0.05, 0.1) is 13.0 Å². The molecule has 3 N–H and O–H groups in total. The number of carbonyl (C=O) groups excluding carboxylic acids is 1. The van der Waals surface area contributed by atoms with Gasteiger partial charge in [0.2, 0.25) is 5.91 Å². The van der Waals surface area contributed by atoms with Gasteiger partial charge in [0.25, 0.3) is 0 Å². The van der Waals surface area contributed by atoms with Gasteiger partial charge in [-0.3, -0.25) is 4.79 Å². The van der Waals surface area contributed by atoms with Gasteiger partial charge in [-0.2, -0.15) is 0 Å². The Morgan fingerprint density at radius 1 is 1.00 bits per heavy atom. The molecule has 5 heteroatoms. The first-order chi connectivity index (χ1) is 11.2. The maximum absolute atomic E-state index is 11.9. The number of anilines is 1. The van der Waals surface area contributed by atoms with E-state index >= 15 is 0 Å². The lowest BCUT2D eigenvalue weighted by atomic mass is 10.1. The molecule has 0 spiro atoms. The van der Waals surface area contributed by atoms with Crippen LogP contribution in [-0.2, 0) is 22.5 Å². The predicted molar refractivity (Wildman–Crippen MR) is 90.2 cm³/mol. The average molecular weight is 314 g/mol. The summed E-state index contributed by atoms with van der Waals surface area (Å²) in [4.78, 5) is 11.9. The smallest absolute Gasteiger partial charge is 0.224 e. The molecule has 122 valence electrons. The zero-order valence-corrected chi connectivity index (χ0v) is 13.2. The van der Waals surface area contributed by atoms with Crippen LogP contribution in [0.1, 0.15) is 11.1 Å². The molecule has 0 aliphatic rings.